The highest BCUT2D eigenvalue weighted by atomic mass is 16.5. The number of benzene rings is 1. The van der Waals surface area contributed by atoms with Gasteiger partial charge in [0.2, 0.25) is 0 Å². The summed E-state index contributed by atoms with van der Waals surface area (Å²) < 4.78 is 12.0. The van der Waals surface area contributed by atoms with Crippen LogP contribution in [0.2, 0.25) is 0 Å². The molecule has 1 aromatic carbocycles. The first-order valence-electron chi connectivity index (χ1n) is 8.45. The topological polar surface area (TPSA) is 82.4 Å². The van der Waals surface area contributed by atoms with Crippen molar-refractivity contribution in [2.45, 2.75) is 39.7 Å². The number of amides is 1. The second kappa shape index (κ2) is 8.51. The number of aryl methyl sites for hydroxylation is 3. The Morgan fingerprint density at radius 1 is 1.23 bits per heavy atom. The SMILES string of the molecule is COc1ccc(CCC(=O)OC(C)C(=O)Nc2c(C)nn(C)c2C)cc1. The average Bonchev–Trinajstić information content (AvgIpc) is 2.86. The molecular formula is C19H25N3O4. The second-order valence-corrected chi connectivity index (χ2v) is 6.14. The van der Waals surface area contributed by atoms with E-state index in [1.54, 1.807) is 25.8 Å². The predicted molar refractivity (Wildman–Crippen MR) is 98.2 cm³/mol. The lowest BCUT2D eigenvalue weighted by molar-refractivity contribution is -0.153. The summed E-state index contributed by atoms with van der Waals surface area (Å²) in [5, 5.41) is 7.02. The molecular weight excluding hydrogens is 334 g/mol. The number of carbonyl (C=O) groups is 2. The molecule has 0 saturated carbocycles. The zero-order valence-electron chi connectivity index (χ0n) is 15.8. The van der Waals surface area contributed by atoms with Crippen LogP contribution in [-0.4, -0.2) is 34.9 Å². The molecule has 1 heterocycles. The van der Waals surface area contributed by atoms with Crippen molar-refractivity contribution < 1.29 is 19.1 Å². The summed E-state index contributed by atoms with van der Waals surface area (Å²) in [5.74, 6) is -0.0206. The molecule has 2 rings (SSSR count). The van der Waals surface area contributed by atoms with Gasteiger partial charge >= 0.3 is 5.97 Å². The maximum absolute atomic E-state index is 12.3. The number of hydrogen-bond acceptors (Lipinski definition) is 5. The summed E-state index contributed by atoms with van der Waals surface area (Å²) in [6.07, 6.45) is -0.134. The molecule has 140 valence electrons. The molecule has 0 aliphatic rings. The molecule has 1 aromatic heterocycles. The van der Waals surface area contributed by atoms with Crippen LogP contribution in [0, 0.1) is 13.8 Å². The van der Waals surface area contributed by atoms with Crippen molar-refractivity contribution in [1.82, 2.24) is 9.78 Å². The maximum atomic E-state index is 12.3. The number of anilines is 1. The number of aromatic nitrogens is 2. The first-order valence-corrected chi connectivity index (χ1v) is 8.45. The third-order valence-electron chi connectivity index (χ3n) is 4.21. The quantitative estimate of drug-likeness (QED) is 0.768. The fraction of sp³-hybridized carbons (Fsp3) is 0.421. The van der Waals surface area contributed by atoms with Gasteiger partial charge in [-0.1, -0.05) is 12.1 Å². The molecule has 1 N–H and O–H groups in total. The Labute approximate surface area is 153 Å². The highest BCUT2D eigenvalue weighted by Gasteiger charge is 2.20. The Balaban J connectivity index is 1.84. The Kier molecular flexibility index (Phi) is 6.38. The molecule has 0 saturated heterocycles. The Morgan fingerprint density at radius 2 is 1.88 bits per heavy atom. The zero-order chi connectivity index (χ0) is 19.3. The van der Waals surface area contributed by atoms with Gasteiger partial charge in [0.1, 0.15) is 5.75 Å². The molecule has 1 atom stereocenters. The van der Waals surface area contributed by atoms with E-state index in [0.29, 0.717) is 12.1 Å². The molecule has 7 nitrogen and oxygen atoms in total. The minimum absolute atomic E-state index is 0.203. The Morgan fingerprint density at radius 3 is 2.42 bits per heavy atom. The first kappa shape index (κ1) is 19.5. The molecule has 0 aliphatic carbocycles. The van der Waals surface area contributed by atoms with Gasteiger partial charge in [0, 0.05) is 13.5 Å². The fourth-order valence-electron chi connectivity index (χ4n) is 2.53. The maximum Gasteiger partial charge on any atom is 0.306 e. The van der Waals surface area contributed by atoms with E-state index in [2.05, 4.69) is 10.4 Å². The molecule has 7 heteroatoms. The largest absolute Gasteiger partial charge is 0.497 e. The molecule has 0 bridgehead atoms. The molecule has 0 fully saturated rings. The van der Waals surface area contributed by atoms with E-state index < -0.39 is 12.1 Å². The number of nitrogens with zero attached hydrogens (tertiary/aromatic N) is 2. The lowest BCUT2D eigenvalue weighted by Gasteiger charge is -2.14. The van der Waals surface area contributed by atoms with E-state index in [-0.39, 0.29) is 12.3 Å². The molecule has 0 radical (unpaired) electrons. The van der Waals surface area contributed by atoms with Crippen molar-refractivity contribution in [3.63, 3.8) is 0 Å². The van der Waals surface area contributed by atoms with Crippen LogP contribution < -0.4 is 10.1 Å². The Bertz CT molecular complexity index is 781. The zero-order valence-corrected chi connectivity index (χ0v) is 15.8. The Hall–Kier alpha value is -2.83. The molecule has 0 aliphatic heterocycles. The third-order valence-corrected chi connectivity index (χ3v) is 4.21. The highest BCUT2D eigenvalue weighted by molar-refractivity contribution is 5.96. The van der Waals surface area contributed by atoms with E-state index in [4.69, 9.17) is 9.47 Å². The summed E-state index contributed by atoms with van der Waals surface area (Å²) in [5.41, 5.74) is 3.21. The summed E-state index contributed by atoms with van der Waals surface area (Å²) >= 11 is 0. The van der Waals surface area contributed by atoms with Crippen molar-refractivity contribution in [2.24, 2.45) is 7.05 Å². The predicted octanol–water partition coefficient (Wildman–Crippen LogP) is 2.55. The molecule has 2 aromatic rings. The van der Waals surface area contributed by atoms with E-state index in [1.165, 1.54) is 0 Å². The number of nitrogens with one attached hydrogen (secondary N) is 1. The lowest BCUT2D eigenvalue weighted by atomic mass is 10.1. The second-order valence-electron chi connectivity index (χ2n) is 6.14. The smallest absolute Gasteiger partial charge is 0.306 e. The van der Waals surface area contributed by atoms with Crippen LogP contribution in [0.1, 0.15) is 30.3 Å². The van der Waals surface area contributed by atoms with Gasteiger partial charge in [-0.05, 0) is 44.9 Å². The molecule has 1 unspecified atom stereocenters. The van der Waals surface area contributed by atoms with Gasteiger partial charge in [0.15, 0.2) is 6.10 Å². The van der Waals surface area contributed by atoms with Gasteiger partial charge < -0.3 is 14.8 Å². The van der Waals surface area contributed by atoms with Crippen LogP contribution in [0.4, 0.5) is 5.69 Å². The molecule has 1 amide bonds. The van der Waals surface area contributed by atoms with Crippen molar-refractivity contribution in [3.8, 4) is 5.75 Å². The van der Waals surface area contributed by atoms with Crippen molar-refractivity contribution >= 4 is 17.6 Å². The number of methoxy groups -OCH3 is 1. The normalized spacial score (nSPS) is 11.7. The van der Waals surface area contributed by atoms with Gasteiger partial charge in [-0.3, -0.25) is 14.3 Å². The minimum Gasteiger partial charge on any atom is -0.497 e. The number of rotatable bonds is 7. The van der Waals surface area contributed by atoms with Gasteiger partial charge in [-0.2, -0.15) is 5.10 Å². The monoisotopic (exact) mass is 359 g/mol. The van der Waals surface area contributed by atoms with Crippen LogP contribution >= 0.6 is 0 Å². The summed E-state index contributed by atoms with van der Waals surface area (Å²) in [4.78, 5) is 24.3. The van der Waals surface area contributed by atoms with Crippen LogP contribution in [0.15, 0.2) is 24.3 Å². The number of esters is 1. The molecule has 0 spiro atoms. The fourth-order valence-corrected chi connectivity index (χ4v) is 2.53. The van der Waals surface area contributed by atoms with Crippen LogP contribution in [0.25, 0.3) is 0 Å². The first-order chi connectivity index (χ1) is 12.3. The highest BCUT2D eigenvalue weighted by Crippen LogP contribution is 2.19. The van der Waals surface area contributed by atoms with E-state index in [1.807, 2.05) is 38.1 Å². The number of hydrogen-bond donors (Lipinski definition) is 1. The van der Waals surface area contributed by atoms with Crippen LogP contribution in [0.3, 0.4) is 0 Å². The standard InChI is InChI=1S/C19H25N3O4/c1-12-18(13(2)22(4)21-12)20-19(24)14(3)26-17(23)11-8-15-6-9-16(25-5)10-7-15/h6-7,9-10,14H,8,11H2,1-5H3,(H,20,24). The summed E-state index contributed by atoms with van der Waals surface area (Å²) in [6.45, 7) is 5.23. The van der Waals surface area contributed by atoms with Crippen molar-refractivity contribution in [3.05, 3.63) is 41.2 Å². The van der Waals surface area contributed by atoms with Crippen LogP contribution in [0.5, 0.6) is 5.75 Å². The number of carbonyl (C=O) groups excluding carboxylic acids is 2. The molecule has 26 heavy (non-hydrogen) atoms. The number of ether oxygens (including phenoxy) is 2. The lowest BCUT2D eigenvalue weighted by Crippen LogP contribution is -2.30. The van der Waals surface area contributed by atoms with Gasteiger partial charge in [-0.15, -0.1) is 0 Å². The van der Waals surface area contributed by atoms with Crippen molar-refractivity contribution in [1.29, 1.82) is 0 Å². The van der Waals surface area contributed by atoms with Gasteiger partial charge in [-0.25, -0.2) is 0 Å². The van der Waals surface area contributed by atoms with Gasteiger partial charge in [0.05, 0.1) is 24.2 Å². The summed E-state index contributed by atoms with van der Waals surface area (Å²) in [7, 11) is 3.41. The van der Waals surface area contributed by atoms with Crippen LogP contribution in [-0.2, 0) is 27.8 Å². The third kappa shape index (κ3) is 4.84. The van der Waals surface area contributed by atoms with Gasteiger partial charge in [0.25, 0.3) is 5.91 Å². The average molecular weight is 359 g/mol. The van der Waals surface area contributed by atoms with E-state index >= 15 is 0 Å². The van der Waals surface area contributed by atoms with E-state index in [0.717, 1.165) is 22.7 Å². The minimum atomic E-state index is -0.877. The van der Waals surface area contributed by atoms with E-state index in [9.17, 15) is 9.59 Å². The van der Waals surface area contributed by atoms with Crippen molar-refractivity contribution in [2.75, 3.05) is 12.4 Å². The summed E-state index contributed by atoms with van der Waals surface area (Å²) in [6, 6.07) is 7.48.